The molecule has 2 aromatic rings. The second-order valence-corrected chi connectivity index (χ2v) is 9.42. The highest BCUT2D eigenvalue weighted by molar-refractivity contribution is 5.92. The van der Waals surface area contributed by atoms with Crippen molar-refractivity contribution in [1.29, 1.82) is 0 Å². The number of amides is 1. The summed E-state index contributed by atoms with van der Waals surface area (Å²) in [5.74, 6) is -2.12. The van der Waals surface area contributed by atoms with Crippen LogP contribution in [0.5, 0.6) is 5.75 Å². The van der Waals surface area contributed by atoms with E-state index in [2.05, 4.69) is 25.7 Å². The molecule has 0 saturated carbocycles. The van der Waals surface area contributed by atoms with Gasteiger partial charge in [-0.1, -0.05) is 57.0 Å². The van der Waals surface area contributed by atoms with E-state index in [0.717, 1.165) is 0 Å². The number of carbonyl (C=O) groups excluding carboxylic acids is 1. The maximum atomic E-state index is 13.1. The van der Waals surface area contributed by atoms with Crippen LogP contribution in [0.4, 0.5) is 4.39 Å². The first-order valence-corrected chi connectivity index (χ1v) is 13.7. The number of aryl methyl sites for hydroxylation is 1. The smallest absolute Gasteiger partial charge is 0.339 e. The third-order valence-electron chi connectivity index (χ3n) is 5.95. The van der Waals surface area contributed by atoms with Gasteiger partial charge in [-0.3, -0.25) is 4.79 Å². The Bertz CT molecular complexity index is 1110. The molecule has 1 amide bonds. The van der Waals surface area contributed by atoms with Gasteiger partial charge in [0.2, 0.25) is 12.2 Å². The normalized spacial score (nSPS) is 21.3. The number of ether oxygens (including phenoxy) is 3. The van der Waals surface area contributed by atoms with Gasteiger partial charge < -0.3 is 34.8 Å². The number of carboxylic acids is 1. The van der Waals surface area contributed by atoms with Crippen LogP contribution in [0.1, 0.15) is 68.9 Å². The van der Waals surface area contributed by atoms with Crippen LogP contribution in [0.3, 0.4) is 0 Å². The summed E-state index contributed by atoms with van der Waals surface area (Å²) in [6, 6.07) is 9.07. The molecule has 0 radical (unpaired) electrons. The van der Waals surface area contributed by atoms with Crippen LogP contribution < -0.4 is 10.1 Å². The van der Waals surface area contributed by atoms with E-state index < -0.39 is 54.9 Å². The van der Waals surface area contributed by atoms with Gasteiger partial charge in [0, 0.05) is 6.92 Å². The topological polar surface area (TPSA) is 135 Å². The number of carboxylic acid groups (broad SMARTS) is 1. The number of aliphatic hydroxyl groups is 2. The summed E-state index contributed by atoms with van der Waals surface area (Å²) in [5, 5.41) is 32.9. The molecule has 1 saturated heterocycles. The molecule has 4 N–H and O–H groups in total. The van der Waals surface area contributed by atoms with E-state index in [-0.39, 0.29) is 17.9 Å². The Morgan fingerprint density at radius 2 is 1.76 bits per heavy atom. The first-order valence-electron chi connectivity index (χ1n) is 13.7. The van der Waals surface area contributed by atoms with E-state index in [9.17, 15) is 29.3 Å². The molecular formula is C31H44FNO8. The van der Waals surface area contributed by atoms with Crippen molar-refractivity contribution in [2.45, 2.75) is 91.6 Å². The highest BCUT2D eigenvalue weighted by atomic mass is 19.1. The zero-order valence-corrected chi connectivity index (χ0v) is 24.7. The number of halogens is 1. The molecule has 10 heteroatoms. The minimum Gasteiger partial charge on any atom is -0.478 e. The van der Waals surface area contributed by atoms with Crippen molar-refractivity contribution in [3.8, 4) is 5.75 Å². The van der Waals surface area contributed by atoms with Gasteiger partial charge in [0.15, 0.2) is 0 Å². The number of hydrogen-bond donors (Lipinski definition) is 4. The summed E-state index contributed by atoms with van der Waals surface area (Å²) in [5.41, 5.74) is 2.28. The largest absolute Gasteiger partial charge is 0.478 e. The minimum atomic E-state index is -1.37. The van der Waals surface area contributed by atoms with Crippen molar-refractivity contribution in [3.05, 3.63) is 77.1 Å². The number of hydrogen-bond acceptors (Lipinski definition) is 7. The molecule has 0 bridgehead atoms. The van der Waals surface area contributed by atoms with Crippen molar-refractivity contribution in [2.24, 2.45) is 0 Å². The van der Waals surface area contributed by atoms with Gasteiger partial charge in [-0.15, -0.1) is 6.58 Å². The third kappa shape index (κ3) is 11.2. The Morgan fingerprint density at radius 1 is 1.12 bits per heavy atom. The van der Waals surface area contributed by atoms with Gasteiger partial charge in [-0.05, 0) is 49.6 Å². The quantitative estimate of drug-likeness (QED) is 0.297. The molecule has 2 aromatic carbocycles. The van der Waals surface area contributed by atoms with E-state index in [1.165, 1.54) is 55.7 Å². The molecule has 1 aliphatic rings. The van der Waals surface area contributed by atoms with Crippen LogP contribution >= 0.6 is 0 Å². The predicted octanol–water partition coefficient (Wildman–Crippen LogP) is 4.77. The Kier molecular flexibility index (Phi) is 15.8. The van der Waals surface area contributed by atoms with Crippen molar-refractivity contribution < 1.29 is 43.5 Å². The second kappa shape index (κ2) is 18.2. The Balaban J connectivity index is 0.000000931. The first-order chi connectivity index (χ1) is 19.5. The van der Waals surface area contributed by atoms with E-state index in [1.807, 2.05) is 13.8 Å². The highest BCUT2D eigenvalue weighted by Crippen LogP contribution is 2.30. The first kappa shape index (κ1) is 35.7. The van der Waals surface area contributed by atoms with E-state index in [4.69, 9.17) is 14.2 Å². The van der Waals surface area contributed by atoms with Crippen molar-refractivity contribution in [2.75, 3.05) is 6.61 Å². The molecule has 5 unspecified atom stereocenters. The van der Waals surface area contributed by atoms with Crippen LogP contribution in [0.15, 0.2) is 54.6 Å². The fourth-order valence-corrected chi connectivity index (χ4v) is 4.10. The lowest BCUT2D eigenvalue weighted by molar-refractivity contribution is -0.257. The third-order valence-corrected chi connectivity index (χ3v) is 5.95. The molecule has 5 atom stereocenters. The highest BCUT2D eigenvalue weighted by Gasteiger charge is 2.47. The van der Waals surface area contributed by atoms with E-state index in [0.29, 0.717) is 11.1 Å². The Morgan fingerprint density at radius 3 is 2.24 bits per heavy atom. The number of aromatic carboxylic acids is 1. The standard InChI is InChI=1S/C23H26FNO8.C6H12.C2H6/c1-12-4-3-5-16(18(12)22(29)30)32-23-19(25-13(2)27)20(28)21(17(10-26)33-23)31-11-14-6-8-15(24)9-7-14;1-4-5-6(2)3;1-2/h3-9,17,19-21,23,26,28H,10-11H2,1-2H3,(H,25,27)(H,29,30);2,4-5H2,1,3H3;1-2H3. The number of benzene rings is 2. The lowest BCUT2D eigenvalue weighted by atomic mass is 9.96. The Labute approximate surface area is 242 Å². The minimum absolute atomic E-state index is 0.0127. The maximum absolute atomic E-state index is 13.1. The second-order valence-electron chi connectivity index (χ2n) is 9.42. The number of carbonyl (C=O) groups is 2. The number of rotatable bonds is 10. The zero-order valence-electron chi connectivity index (χ0n) is 24.7. The van der Waals surface area contributed by atoms with Gasteiger partial charge in [0.25, 0.3) is 0 Å². The van der Waals surface area contributed by atoms with Gasteiger partial charge >= 0.3 is 5.97 Å². The van der Waals surface area contributed by atoms with Crippen LogP contribution in [-0.2, 0) is 20.9 Å². The van der Waals surface area contributed by atoms with Crippen LogP contribution in [0.2, 0.25) is 0 Å². The molecule has 3 rings (SSSR count). The molecule has 0 aliphatic carbocycles. The van der Waals surface area contributed by atoms with E-state index in [1.54, 1.807) is 19.1 Å². The number of nitrogens with one attached hydrogen (secondary N) is 1. The molecule has 1 aliphatic heterocycles. The van der Waals surface area contributed by atoms with Gasteiger partial charge in [0.1, 0.15) is 41.5 Å². The zero-order chi connectivity index (χ0) is 31.1. The lowest BCUT2D eigenvalue weighted by Gasteiger charge is -2.44. The summed E-state index contributed by atoms with van der Waals surface area (Å²) >= 11 is 0. The summed E-state index contributed by atoms with van der Waals surface area (Å²) in [4.78, 5) is 23.5. The van der Waals surface area contributed by atoms with Gasteiger partial charge in [-0.2, -0.15) is 0 Å². The number of allylic oxidation sites excluding steroid dienone is 1. The van der Waals surface area contributed by atoms with Gasteiger partial charge in [0.05, 0.1) is 13.2 Å². The molecule has 9 nitrogen and oxygen atoms in total. The molecule has 0 spiro atoms. The van der Waals surface area contributed by atoms with Crippen molar-refractivity contribution in [1.82, 2.24) is 5.32 Å². The fraction of sp³-hybridized carbons (Fsp3) is 0.484. The molecule has 0 aromatic heterocycles. The molecular weight excluding hydrogens is 533 g/mol. The molecule has 1 fully saturated rings. The van der Waals surface area contributed by atoms with Crippen LogP contribution in [-0.4, -0.2) is 64.4 Å². The maximum Gasteiger partial charge on any atom is 0.339 e. The predicted molar refractivity (Wildman–Crippen MR) is 154 cm³/mol. The summed E-state index contributed by atoms with van der Waals surface area (Å²) in [7, 11) is 0. The van der Waals surface area contributed by atoms with Crippen LogP contribution in [0.25, 0.3) is 0 Å². The van der Waals surface area contributed by atoms with E-state index >= 15 is 0 Å². The monoisotopic (exact) mass is 577 g/mol. The summed E-state index contributed by atoms with van der Waals surface area (Å²) in [6.45, 7) is 14.3. The molecule has 41 heavy (non-hydrogen) atoms. The average molecular weight is 578 g/mol. The summed E-state index contributed by atoms with van der Waals surface area (Å²) < 4.78 is 30.5. The van der Waals surface area contributed by atoms with Crippen molar-refractivity contribution in [3.63, 3.8) is 0 Å². The number of aliphatic hydroxyl groups excluding tert-OH is 2. The van der Waals surface area contributed by atoms with Crippen LogP contribution in [0, 0.1) is 12.7 Å². The molecule has 228 valence electrons. The SMILES string of the molecule is C=C(C)CCC.CC.CC(=O)NC1C(Oc2cccc(C)c2C(=O)O)OC(CO)C(OCc2ccc(F)cc2)C1O. The summed E-state index contributed by atoms with van der Waals surface area (Å²) in [6.07, 6.45) is -2.38. The fourth-order valence-electron chi connectivity index (χ4n) is 4.10. The van der Waals surface area contributed by atoms with Crippen molar-refractivity contribution >= 4 is 11.9 Å². The Hall–Kier alpha value is -3.31. The average Bonchev–Trinajstić information content (AvgIpc) is 2.92. The van der Waals surface area contributed by atoms with Gasteiger partial charge in [-0.25, -0.2) is 9.18 Å². The lowest BCUT2D eigenvalue weighted by Crippen LogP contribution is -2.66. The molecule has 1 heterocycles.